The van der Waals surface area contributed by atoms with E-state index in [9.17, 15) is 0 Å². The highest BCUT2D eigenvalue weighted by Gasteiger charge is 2.39. The van der Waals surface area contributed by atoms with Crippen LogP contribution in [0.4, 0.5) is 0 Å². The van der Waals surface area contributed by atoms with Gasteiger partial charge in [0.25, 0.3) is 0 Å². The standard InChI is InChI=1S/C14H25N3/c1-3-11-17-12(7-10-16-17)13(15)14(4-2)8-5-6-9-14/h7,10,13H,3-6,8-9,11,15H2,1-2H3. The van der Waals surface area contributed by atoms with Gasteiger partial charge in [0.15, 0.2) is 0 Å². The molecule has 0 saturated heterocycles. The predicted octanol–water partition coefficient (Wildman–Crippen LogP) is 3.26. The summed E-state index contributed by atoms with van der Waals surface area (Å²) in [6, 6.07) is 2.26. The Balaban J connectivity index is 2.22. The molecule has 3 nitrogen and oxygen atoms in total. The van der Waals surface area contributed by atoms with Crippen LogP contribution in [0.2, 0.25) is 0 Å². The maximum absolute atomic E-state index is 6.56. The first kappa shape index (κ1) is 12.6. The van der Waals surface area contributed by atoms with E-state index in [2.05, 4.69) is 29.7 Å². The zero-order chi connectivity index (χ0) is 12.3. The quantitative estimate of drug-likeness (QED) is 0.851. The van der Waals surface area contributed by atoms with Gasteiger partial charge in [-0.25, -0.2) is 0 Å². The number of aryl methyl sites for hydroxylation is 1. The SMILES string of the molecule is CCCn1nccc1C(N)C1(CC)CCCC1. The summed E-state index contributed by atoms with van der Waals surface area (Å²) in [5.41, 5.74) is 8.12. The first-order chi connectivity index (χ1) is 8.23. The van der Waals surface area contributed by atoms with Gasteiger partial charge in [-0.2, -0.15) is 5.10 Å². The summed E-state index contributed by atoms with van der Waals surface area (Å²) in [7, 11) is 0. The Labute approximate surface area is 104 Å². The second-order valence-corrected chi connectivity index (χ2v) is 5.38. The van der Waals surface area contributed by atoms with E-state index in [1.165, 1.54) is 37.8 Å². The molecule has 17 heavy (non-hydrogen) atoms. The molecular weight excluding hydrogens is 210 g/mol. The molecule has 1 aliphatic carbocycles. The largest absolute Gasteiger partial charge is 0.322 e. The van der Waals surface area contributed by atoms with Gasteiger partial charge in [0, 0.05) is 12.7 Å². The molecule has 0 bridgehead atoms. The average Bonchev–Trinajstić information content (AvgIpc) is 2.97. The molecule has 0 aliphatic heterocycles. The van der Waals surface area contributed by atoms with E-state index in [0.29, 0.717) is 5.41 Å². The van der Waals surface area contributed by atoms with Crippen LogP contribution in [0.3, 0.4) is 0 Å². The van der Waals surface area contributed by atoms with Gasteiger partial charge >= 0.3 is 0 Å². The predicted molar refractivity (Wildman–Crippen MR) is 70.6 cm³/mol. The van der Waals surface area contributed by atoms with Crippen LogP contribution in [0, 0.1) is 5.41 Å². The third-order valence-corrected chi connectivity index (χ3v) is 4.47. The molecule has 96 valence electrons. The maximum atomic E-state index is 6.56. The van der Waals surface area contributed by atoms with Gasteiger partial charge in [-0.05, 0) is 37.2 Å². The average molecular weight is 235 g/mol. The van der Waals surface area contributed by atoms with Crippen molar-refractivity contribution < 1.29 is 0 Å². The van der Waals surface area contributed by atoms with Gasteiger partial charge in [0.2, 0.25) is 0 Å². The lowest BCUT2D eigenvalue weighted by Gasteiger charge is -2.34. The number of hydrogen-bond donors (Lipinski definition) is 1. The lowest BCUT2D eigenvalue weighted by molar-refractivity contribution is 0.213. The van der Waals surface area contributed by atoms with Crippen LogP contribution in [0.5, 0.6) is 0 Å². The Morgan fingerprint density at radius 1 is 1.41 bits per heavy atom. The maximum Gasteiger partial charge on any atom is 0.0557 e. The molecule has 1 unspecified atom stereocenters. The van der Waals surface area contributed by atoms with Crippen LogP contribution in [-0.2, 0) is 6.54 Å². The molecule has 0 amide bonds. The van der Waals surface area contributed by atoms with E-state index in [-0.39, 0.29) is 6.04 Å². The molecule has 2 N–H and O–H groups in total. The fourth-order valence-electron chi connectivity index (χ4n) is 3.28. The Hall–Kier alpha value is -0.830. The van der Waals surface area contributed by atoms with E-state index in [4.69, 9.17) is 5.73 Å². The number of aromatic nitrogens is 2. The summed E-state index contributed by atoms with van der Waals surface area (Å²) >= 11 is 0. The molecule has 2 rings (SSSR count). The van der Waals surface area contributed by atoms with Crippen molar-refractivity contribution in [3.05, 3.63) is 18.0 Å². The molecule has 0 radical (unpaired) electrons. The Kier molecular flexibility index (Phi) is 3.87. The Morgan fingerprint density at radius 3 is 2.71 bits per heavy atom. The molecule has 1 fully saturated rings. The molecule has 1 aliphatic rings. The van der Waals surface area contributed by atoms with Gasteiger partial charge in [0.05, 0.1) is 11.7 Å². The molecular formula is C14H25N3. The van der Waals surface area contributed by atoms with E-state index >= 15 is 0 Å². The summed E-state index contributed by atoms with van der Waals surface area (Å²) in [5.74, 6) is 0. The van der Waals surface area contributed by atoms with Crippen molar-refractivity contribution in [1.82, 2.24) is 9.78 Å². The monoisotopic (exact) mass is 235 g/mol. The zero-order valence-electron chi connectivity index (χ0n) is 11.2. The van der Waals surface area contributed by atoms with Crippen LogP contribution in [0.1, 0.15) is 64.1 Å². The second-order valence-electron chi connectivity index (χ2n) is 5.38. The summed E-state index contributed by atoms with van der Waals surface area (Å²) in [6.45, 7) is 5.45. The minimum absolute atomic E-state index is 0.157. The summed E-state index contributed by atoms with van der Waals surface area (Å²) in [4.78, 5) is 0. The lowest BCUT2D eigenvalue weighted by atomic mass is 9.75. The van der Waals surface area contributed by atoms with Crippen LogP contribution in [-0.4, -0.2) is 9.78 Å². The minimum atomic E-state index is 0.157. The molecule has 3 heteroatoms. The topological polar surface area (TPSA) is 43.8 Å². The number of nitrogens with zero attached hydrogens (tertiary/aromatic N) is 2. The highest BCUT2D eigenvalue weighted by molar-refractivity contribution is 5.12. The molecule has 1 aromatic heterocycles. The highest BCUT2D eigenvalue weighted by Crippen LogP contribution is 2.48. The third-order valence-electron chi connectivity index (χ3n) is 4.47. The van der Waals surface area contributed by atoms with Crippen molar-refractivity contribution in [3.63, 3.8) is 0 Å². The van der Waals surface area contributed by atoms with Gasteiger partial charge in [0.1, 0.15) is 0 Å². The van der Waals surface area contributed by atoms with E-state index in [1.807, 2.05) is 6.20 Å². The lowest BCUT2D eigenvalue weighted by Crippen LogP contribution is -2.33. The van der Waals surface area contributed by atoms with Gasteiger partial charge in [-0.3, -0.25) is 4.68 Å². The van der Waals surface area contributed by atoms with Gasteiger partial charge < -0.3 is 5.73 Å². The van der Waals surface area contributed by atoms with Crippen molar-refractivity contribution >= 4 is 0 Å². The fourth-order valence-corrected chi connectivity index (χ4v) is 3.28. The Morgan fingerprint density at radius 2 is 2.12 bits per heavy atom. The first-order valence-electron chi connectivity index (χ1n) is 7.01. The smallest absolute Gasteiger partial charge is 0.0557 e. The third kappa shape index (κ3) is 2.25. The summed E-state index contributed by atoms with van der Waals surface area (Å²) < 4.78 is 2.10. The van der Waals surface area contributed by atoms with E-state index in [0.717, 1.165) is 13.0 Å². The fraction of sp³-hybridized carbons (Fsp3) is 0.786. The van der Waals surface area contributed by atoms with Crippen molar-refractivity contribution in [3.8, 4) is 0 Å². The zero-order valence-corrected chi connectivity index (χ0v) is 11.2. The van der Waals surface area contributed by atoms with Crippen LogP contribution < -0.4 is 5.73 Å². The van der Waals surface area contributed by atoms with Crippen molar-refractivity contribution in [1.29, 1.82) is 0 Å². The van der Waals surface area contributed by atoms with Crippen LogP contribution in [0.25, 0.3) is 0 Å². The summed E-state index contributed by atoms with van der Waals surface area (Å²) in [6.07, 6.45) is 9.42. The van der Waals surface area contributed by atoms with Gasteiger partial charge in [-0.15, -0.1) is 0 Å². The molecule has 0 spiro atoms. The molecule has 1 heterocycles. The Bertz CT molecular complexity index is 350. The van der Waals surface area contributed by atoms with Crippen LogP contribution in [0.15, 0.2) is 12.3 Å². The number of hydrogen-bond acceptors (Lipinski definition) is 2. The van der Waals surface area contributed by atoms with E-state index < -0.39 is 0 Å². The number of rotatable bonds is 5. The molecule has 0 aromatic carbocycles. The van der Waals surface area contributed by atoms with Gasteiger partial charge in [-0.1, -0.05) is 26.7 Å². The molecule has 1 atom stereocenters. The molecule has 1 saturated carbocycles. The normalized spacial score (nSPS) is 20.6. The summed E-state index contributed by atoms with van der Waals surface area (Å²) in [5, 5.41) is 4.40. The first-order valence-corrected chi connectivity index (χ1v) is 7.01. The van der Waals surface area contributed by atoms with Crippen molar-refractivity contribution in [2.75, 3.05) is 0 Å². The van der Waals surface area contributed by atoms with Crippen molar-refractivity contribution in [2.45, 2.75) is 65.0 Å². The molecule has 1 aromatic rings. The van der Waals surface area contributed by atoms with Crippen molar-refractivity contribution in [2.24, 2.45) is 11.1 Å². The van der Waals surface area contributed by atoms with Crippen LogP contribution >= 0.6 is 0 Å². The minimum Gasteiger partial charge on any atom is -0.322 e. The highest BCUT2D eigenvalue weighted by atomic mass is 15.3. The number of nitrogens with two attached hydrogens (primary N) is 1. The van der Waals surface area contributed by atoms with E-state index in [1.54, 1.807) is 0 Å². The second kappa shape index (κ2) is 5.21.